The van der Waals surface area contributed by atoms with E-state index in [1.807, 2.05) is 6.92 Å². The van der Waals surface area contributed by atoms with Gasteiger partial charge in [0.15, 0.2) is 0 Å². The maximum atomic E-state index is 9.83. The van der Waals surface area contributed by atoms with Crippen molar-refractivity contribution in [2.45, 2.75) is 51.3 Å². The molecule has 1 aliphatic rings. The van der Waals surface area contributed by atoms with Gasteiger partial charge in [0.1, 0.15) is 0 Å². The molecule has 0 aromatic carbocycles. The lowest BCUT2D eigenvalue weighted by atomic mass is 10.0. The van der Waals surface area contributed by atoms with Crippen LogP contribution < -0.4 is 0 Å². The Bertz CT molecular complexity index is 178. The monoisotopic (exact) mass is 214 g/mol. The van der Waals surface area contributed by atoms with Gasteiger partial charge in [0.2, 0.25) is 0 Å². The summed E-state index contributed by atoms with van der Waals surface area (Å²) < 4.78 is 0. The molecule has 0 saturated carbocycles. The molecule has 0 aromatic rings. The van der Waals surface area contributed by atoms with Crippen LogP contribution in [0, 0.1) is 0 Å². The number of hydrogen-bond acceptors (Lipinski definition) is 3. The Morgan fingerprint density at radius 2 is 1.93 bits per heavy atom. The van der Waals surface area contributed by atoms with E-state index in [0.29, 0.717) is 6.04 Å². The van der Waals surface area contributed by atoms with Gasteiger partial charge in [0.05, 0.1) is 6.10 Å². The molecule has 0 spiro atoms. The summed E-state index contributed by atoms with van der Waals surface area (Å²) in [6, 6.07) is 0.931. The standard InChI is InChI=1S/C12H26N2O/c1-5-12(15)10(2)14(4)11-6-8-13(3)9-7-11/h10-12,15H,5-9H2,1-4H3. The summed E-state index contributed by atoms with van der Waals surface area (Å²) in [4.78, 5) is 4.74. The Morgan fingerprint density at radius 3 is 2.40 bits per heavy atom. The summed E-state index contributed by atoms with van der Waals surface area (Å²) in [5.74, 6) is 0. The Hall–Kier alpha value is -0.120. The van der Waals surface area contributed by atoms with E-state index in [1.54, 1.807) is 0 Å². The fraction of sp³-hybridized carbons (Fsp3) is 1.00. The van der Waals surface area contributed by atoms with Gasteiger partial charge in [-0.15, -0.1) is 0 Å². The van der Waals surface area contributed by atoms with Crippen LogP contribution in [0.1, 0.15) is 33.1 Å². The summed E-state index contributed by atoms with van der Waals surface area (Å²) in [5.41, 5.74) is 0. The van der Waals surface area contributed by atoms with Gasteiger partial charge < -0.3 is 10.0 Å². The minimum Gasteiger partial charge on any atom is -0.392 e. The normalized spacial score (nSPS) is 24.4. The molecule has 1 heterocycles. The zero-order valence-corrected chi connectivity index (χ0v) is 10.6. The molecule has 0 amide bonds. The van der Waals surface area contributed by atoms with Crippen LogP contribution >= 0.6 is 0 Å². The van der Waals surface area contributed by atoms with Crippen LogP contribution in [0.3, 0.4) is 0 Å². The zero-order chi connectivity index (χ0) is 11.4. The molecule has 2 atom stereocenters. The lowest BCUT2D eigenvalue weighted by Crippen LogP contribution is -2.49. The first-order chi connectivity index (χ1) is 7.06. The van der Waals surface area contributed by atoms with E-state index in [2.05, 4.69) is 30.8 Å². The molecule has 0 aliphatic carbocycles. The number of aliphatic hydroxyl groups is 1. The van der Waals surface area contributed by atoms with E-state index >= 15 is 0 Å². The van der Waals surface area contributed by atoms with E-state index in [1.165, 1.54) is 25.9 Å². The van der Waals surface area contributed by atoms with Crippen LogP contribution in [-0.2, 0) is 0 Å². The topological polar surface area (TPSA) is 26.7 Å². The van der Waals surface area contributed by atoms with Gasteiger partial charge >= 0.3 is 0 Å². The predicted octanol–water partition coefficient (Wildman–Crippen LogP) is 1.17. The number of piperidine rings is 1. The summed E-state index contributed by atoms with van der Waals surface area (Å²) in [6.07, 6.45) is 3.12. The summed E-state index contributed by atoms with van der Waals surface area (Å²) >= 11 is 0. The molecule has 3 nitrogen and oxygen atoms in total. The van der Waals surface area contributed by atoms with Crippen molar-refractivity contribution in [2.24, 2.45) is 0 Å². The SMILES string of the molecule is CCC(O)C(C)N(C)C1CCN(C)CC1. The van der Waals surface area contributed by atoms with E-state index in [4.69, 9.17) is 0 Å². The minimum absolute atomic E-state index is 0.186. The van der Waals surface area contributed by atoms with Crippen molar-refractivity contribution in [2.75, 3.05) is 27.2 Å². The van der Waals surface area contributed by atoms with E-state index in [-0.39, 0.29) is 12.1 Å². The summed E-state index contributed by atoms with van der Waals surface area (Å²) in [6.45, 7) is 6.55. The van der Waals surface area contributed by atoms with Crippen LogP contribution in [0.4, 0.5) is 0 Å². The zero-order valence-electron chi connectivity index (χ0n) is 10.6. The first-order valence-electron chi connectivity index (χ1n) is 6.14. The number of hydrogen-bond donors (Lipinski definition) is 1. The number of likely N-dealkylation sites (N-methyl/N-ethyl adjacent to an activating group) is 1. The van der Waals surface area contributed by atoms with Crippen LogP contribution in [-0.4, -0.2) is 60.3 Å². The quantitative estimate of drug-likeness (QED) is 0.761. The molecule has 2 unspecified atom stereocenters. The molecule has 15 heavy (non-hydrogen) atoms. The van der Waals surface area contributed by atoms with Crippen molar-refractivity contribution in [1.29, 1.82) is 0 Å². The van der Waals surface area contributed by atoms with Gasteiger partial charge in [0.25, 0.3) is 0 Å². The molecular formula is C12H26N2O. The molecule has 3 heteroatoms. The molecule has 1 N–H and O–H groups in total. The molecule has 90 valence electrons. The minimum atomic E-state index is -0.186. The number of rotatable bonds is 4. The van der Waals surface area contributed by atoms with Crippen LogP contribution in [0.5, 0.6) is 0 Å². The first kappa shape index (κ1) is 12.9. The molecule has 1 fully saturated rings. The van der Waals surface area contributed by atoms with Crippen LogP contribution in [0.2, 0.25) is 0 Å². The predicted molar refractivity (Wildman–Crippen MR) is 64.0 cm³/mol. The molecule has 0 bridgehead atoms. The van der Waals surface area contributed by atoms with Crippen molar-refractivity contribution in [3.63, 3.8) is 0 Å². The lowest BCUT2D eigenvalue weighted by molar-refractivity contribution is 0.0300. The highest BCUT2D eigenvalue weighted by molar-refractivity contribution is 4.82. The van der Waals surface area contributed by atoms with Crippen molar-refractivity contribution in [1.82, 2.24) is 9.80 Å². The third-order valence-corrected chi connectivity index (χ3v) is 3.88. The Labute approximate surface area is 94.1 Å². The van der Waals surface area contributed by atoms with Gasteiger partial charge in [-0.1, -0.05) is 6.92 Å². The van der Waals surface area contributed by atoms with Gasteiger partial charge in [-0.25, -0.2) is 0 Å². The van der Waals surface area contributed by atoms with Crippen molar-refractivity contribution in [3.05, 3.63) is 0 Å². The summed E-state index contributed by atoms with van der Waals surface area (Å²) in [5, 5.41) is 9.83. The Morgan fingerprint density at radius 1 is 1.40 bits per heavy atom. The number of likely N-dealkylation sites (tertiary alicyclic amines) is 1. The number of nitrogens with zero attached hydrogens (tertiary/aromatic N) is 2. The molecule has 0 radical (unpaired) electrons. The fourth-order valence-electron chi connectivity index (χ4n) is 2.35. The van der Waals surface area contributed by atoms with Crippen LogP contribution in [0.15, 0.2) is 0 Å². The second-order valence-corrected chi connectivity index (χ2v) is 4.92. The third-order valence-electron chi connectivity index (χ3n) is 3.88. The van der Waals surface area contributed by atoms with Gasteiger partial charge in [-0.2, -0.15) is 0 Å². The third kappa shape index (κ3) is 3.44. The maximum absolute atomic E-state index is 9.83. The maximum Gasteiger partial charge on any atom is 0.0690 e. The summed E-state index contributed by atoms with van der Waals surface area (Å²) in [7, 11) is 4.33. The second kappa shape index (κ2) is 5.83. The van der Waals surface area contributed by atoms with Crippen molar-refractivity contribution in [3.8, 4) is 0 Å². The van der Waals surface area contributed by atoms with Crippen LogP contribution in [0.25, 0.3) is 0 Å². The largest absolute Gasteiger partial charge is 0.392 e. The second-order valence-electron chi connectivity index (χ2n) is 4.92. The van der Waals surface area contributed by atoms with E-state index in [0.717, 1.165) is 6.42 Å². The Kier molecular flexibility index (Phi) is 5.03. The number of aliphatic hydroxyl groups excluding tert-OH is 1. The first-order valence-corrected chi connectivity index (χ1v) is 6.14. The van der Waals surface area contributed by atoms with Gasteiger partial charge in [-0.3, -0.25) is 4.90 Å². The molecule has 0 aromatic heterocycles. The average molecular weight is 214 g/mol. The highest BCUT2D eigenvalue weighted by Gasteiger charge is 2.26. The molecule has 1 rings (SSSR count). The highest BCUT2D eigenvalue weighted by Crippen LogP contribution is 2.18. The highest BCUT2D eigenvalue weighted by atomic mass is 16.3. The van der Waals surface area contributed by atoms with Crippen molar-refractivity contribution >= 4 is 0 Å². The van der Waals surface area contributed by atoms with E-state index < -0.39 is 0 Å². The fourth-order valence-corrected chi connectivity index (χ4v) is 2.35. The van der Waals surface area contributed by atoms with E-state index in [9.17, 15) is 5.11 Å². The molecule has 1 saturated heterocycles. The van der Waals surface area contributed by atoms with Crippen molar-refractivity contribution < 1.29 is 5.11 Å². The van der Waals surface area contributed by atoms with Gasteiger partial charge in [-0.05, 0) is 53.4 Å². The molecule has 1 aliphatic heterocycles. The smallest absolute Gasteiger partial charge is 0.0690 e. The average Bonchev–Trinajstić information content (AvgIpc) is 2.27. The lowest BCUT2D eigenvalue weighted by Gasteiger charge is -2.39. The molecular weight excluding hydrogens is 188 g/mol. The Balaban J connectivity index is 2.42. The van der Waals surface area contributed by atoms with Gasteiger partial charge in [0, 0.05) is 12.1 Å².